The molecule has 2 aromatic rings. The van der Waals surface area contributed by atoms with E-state index in [-0.39, 0.29) is 12.2 Å². The first-order chi connectivity index (χ1) is 8.97. The van der Waals surface area contributed by atoms with E-state index >= 15 is 0 Å². The zero-order valence-electron chi connectivity index (χ0n) is 10.3. The second kappa shape index (κ2) is 6.16. The minimum Gasteiger partial charge on any atom is -0.388 e. The van der Waals surface area contributed by atoms with Crippen LogP contribution in [0.3, 0.4) is 0 Å². The maximum absolute atomic E-state index is 13.7. The van der Waals surface area contributed by atoms with Gasteiger partial charge in [0, 0.05) is 15.4 Å². The third-order valence-electron chi connectivity index (χ3n) is 3.00. The average Bonchev–Trinajstić information content (AvgIpc) is 2.36. The molecule has 100 valence electrons. The Kier molecular flexibility index (Phi) is 4.76. The van der Waals surface area contributed by atoms with Gasteiger partial charge in [-0.15, -0.1) is 0 Å². The van der Waals surface area contributed by atoms with Crippen LogP contribution in [0, 0.1) is 12.7 Å². The van der Waals surface area contributed by atoms with Crippen LogP contribution in [0.2, 0.25) is 0 Å². The lowest BCUT2D eigenvalue weighted by Crippen LogP contribution is -2.04. The predicted molar refractivity (Wildman–Crippen MR) is 81.6 cm³/mol. The highest BCUT2D eigenvalue weighted by Crippen LogP contribution is 2.25. The Hall–Kier alpha value is -0.710. The van der Waals surface area contributed by atoms with Gasteiger partial charge in [-0.1, -0.05) is 50.1 Å². The van der Waals surface area contributed by atoms with Crippen LogP contribution in [0.1, 0.15) is 22.8 Å². The Labute approximate surface area is 128 Å². The van der Waals surface area contributed by atoms with Crippen molar-refractivity contribution >= 4 is 31.9 Å². The molecule has 1 N–H and O–H groups in total. The maximum Gasteiger partial charge on any atom is 0.127 e. The van der Waals surface area contributed by atoms with E-state index in [0.717, 1.165) is 15.6 Å². The van der Waals surface area contributed by atoms with Crippen molar-refractivity contribution < 1.29 is 9.50 Å². The fourth-order valence-corrected chi connectivity index (χ4v) is 2.47. The monoisotopic (exact) mass is 386 g/mol. The van der Waals surface area contributed by atoms with E-state index in [1.165, 1.54) is 6.07 Å². The van der Waals surface area contributed by atoms with Gasteiger partial charge >= 0.3 is 0 Å². The Morgan fingerprint density at radius 2 is 1.89 bits per heavy atom. The fourth-order valence-electron chi connectivity index (χ4n) is 1.89. The summed E-state index contributed by atoms with van der Waals surface area (Å²) in [6.45, 7) is 1.96. The summed E-state index contributed by atoms with van der Waals surface area (Å²) in [4.78, 5) is 0. The Morgan fingerprint density at radius 1 is 1.16 bits per heavy atom. The summed E-state index contributed by atoms with van der Waals surface area (Å²) < 4.78 is 15.4. The summed E-state index contributed by atoms with van der Waals surface area (Å²) in [5.41, 5.74) is 2.35. The molecule has 0 aliphatic carbocycles. The number of hydrogen-bond donors (Lipinski definition) is 1. The molecule has 0 spiro atoms. The molecule has 2 aromatic carbocycles. The predicted octanol–water partition coefficient (Wildman–Crippen LogP) is 4.94. The summed E-state index contributed by atoms with van der Waals surface area (Å²) in [5, 5.41) is 10.2. The Morgan fingerprint density at radius 3 is 2.53 bits per heavy atom. The summed E-state index contributed by atoms with van der Waals surface area (Å²) in [7, 11) is 0. The molecule has 0 radical (unpaired) electrons. The molecule has 1 nitrogen and oxygen atoms in total. The maximum atomic E-state index is 13.7. The van der Waals surface area contributed by atoms with Crippen LogP contribution in [-0.4, -0.2) is 5.11 Å². The van der Waals surface area contributed by atoms with Crippen LogP contribution >= 0.6 is 31.9 Å². The van der Waals surface area contributed by atoms with Crippen molar-refractivity contribution in [3.63, 3.8) is 0 Å². The lowest BCUT2D eigenvalue weighted by Gasteiger charge is -2.13. The lowest BCUT2D eigenvalue weighted by atomic mass is 10.00. The molecule has 0 amide bonds. The van der Waals surface area contributed by atoms with Gasteiger partial charge in [-0.25, -0.2) is 4.39 Å². The molecular weight excluding hydrogens is 375 g/mol. The number of rotatable bonds is 3. The van der Waals surface area contributed by atoms with Crippen LogP contribution in [-0.2, 0) is 6.42 Å². The molecule has 1 atom stereocenters. The van der Waals surface area contributed by atoms with Gasteiger partial charge in [0.15, 0.2) is 0 Å². The van der Waals surface area contributed by atoms with Crippen LogP contribution in [0.5, 0.6) is 0 Å². The molecule has 4 heteroatoms. The van der Waals surface area contributed by atoms with Crippen molar-refractivity contribution in [1.29, 1.82) is 0 Å². The fraction of sp³-hybridized carbons (Fsp3) is 0.200. The van der Waals surface area contributed by atoms with Gasteiger partial charge < -0.3 is 5.11 Å². The van der Waals surface area contributed by atoms with Gasteiger partial charge in [0.05, 0.1) is 6.10 Å². The molecule has 0 heterocycles. The van der Waals surface area contributed by atoms with Gasteiger partial charge in [0.1, 0.15) is 5.82 Å². The van der Waals surface area contributed by atoms with E-state index in [1.54, 1.807) is 12.1 Å². The molecule has 0 fully saturated rings. The van der Waals surface area contributed by atoms with E-state index < -0.39 is 6.10 Å². The first-order valence-corrected chi connectivity index (χ1v) is 7.44. The number of aliphatic hydroxyl groups is 1. The molecule has 0 bridgehead atoms. The zero-order valence-corrected chi connectivity index (χ0v) is 13.5. The first-order valence-electron chi connectivity index (χ1n) is 5.85. The summed E-state index contributed by atoms with van der Waals surface area (Å²) in [5.74, 6) is -0.303. The molecular formula is C15H13Br2FO. The van der Waals surface area contributed by atoms with E-state index in [0.29, 0.717) is 10.0 Å². The number of hydrogen-bond acceptors (Lipinski definition) is 1. The van der Waals surface area contributed by atoms with Gasteiger partial charge in [-0.2, -0.15) is 0 Å². The van der Waals surface area contributed by atoms with Gasteiger partial charge in [0.25, 0.3) is 0 Å². The van der Waals surface area contributed by atoms with E-state index in [9.17, 15) is 9.50 Å². The lowest BCUT2D eigenvalue weighted by molar-refractivity contribution is 0.177. The van der Waals surface area contributed by atoms with Crippen molar-refractivity contribution in [3.05, 3.63) is 67.9 Å². The second-order valence-corrected chi connectivity index (χ2v) is 6.23. The van der Waals surface area contributed by atoms with Gasteiger partial charge in [0.2, 0.25) is 0 Å². The minimum atomic E-state index is -0.706. The average molecular weight is 388 g/mol. The Balaban J connectivity index is 2.20. The third kappa shape index (κ3) is 3.65. The number of aryl methyl sites for hydroxylation is 1. The normalized spacial score (nSPS) is 12.5. The van der Waals surface area contributed by atoms with Crippen molar-refractivity contribution in [2.75, 3.05) is 0 Å². The first kappa shape index (κ1) is 14.7. The Bertz CT molecular complexity index is 599. The molecule has 19 heavy (non-hydrogen) atoms. The van der Waals surface area contributed by atoms with Crippen LogP contribution < -0.4 is 0 Å². The summed E-state index contributed by atoms with van der Waals surface area (Å²) in [6, 6.07) is 10.5. The molecule has 0 aliphatic heterocycles. The molecule has 0 saturated carbocycles. The molecule has 0 aromatic heterocycles. The quantitative estimate of drug-likeness (QED) is 0.791. The standard InChI is InChI=1S/C15H13Br2FO/c1-9-6-11(3-5-13(9)17)15(19)7-10-2-4-12(16)8-14(10)18/h2-6,8,15,19H,7H2,1H3. The minimum absolute atomic E-state index is 0.264. The second-order valence-electron chi connectivity index (χ2n) is 4.46. The van der Waals surface area contributed by atoms with E-state index in [1.807, 2.05) is 25.1 Å². The molecule has 2 rings (SSSR count). The van der Waals surface area contributed by atoms with Crippen LogP contribution in [0.4, 0.5) is 4.39 Å². The SMILES string of the molecule is Cc1cc(C(O)Cc2ccc(Br)cc2F)ccc1Br. The van der Waals surface area contributed by atoms with E-state index in [4.69, 9.17) is 0 Å². The summed E-state index contributed by atoms with van der Waals surface area (Å²) >= 11 is 6.64. The number of aliphatic hydroxyl groups excluding tert-OH is 1. The number of halogens is 3. The molecule has 0 aliphatic rings. The van der Waals surface area contributed by atoms with Crippen LogP contribution in [0.15, 0.2) is 45.3 Å². The molecule has 0 saturated heterocycles. The highest BCUT2D eigenvalue weighted by atomic mass is 79.9. The number of benzene rings is 2. The third-order valence-corrected chi connectivity index (χ3v) is 4.38. The van der Waals surface area contributed by atoms with Gasteiger partial charge in [-0.3, -0.25) is 0 Å². The largest absolute Gasteiger partial charge is 0.388 e. The van der Waals surface area contributed by atoms with Crippen molar-refractivity contribution in [2.45, 2.75) is 19.4 Å². The topological polar surface area (TPSA) is 20.2 Å². The van der Waals surface area contributed by atoms with Crippen molar-refractivity contribution in [1.82, 2.24) is 0 Å². The van der Waals surface area contributed by atoms with E-state index in [2.05, 4.69) is 31.9 Å². The highest BCUT2D eigenvalue weighted by molar-refractivity contribution is 9.10. The van der Waals surface area contributed by atoms with Crippen molar-refractivity contribution in [3.8, 4) is 0 Å². The van der Waals surface area contributed by atoms with Gasteiger partial charge in [-0.05, 0) is 41.8 Å². The van der Waals surface area contributed by atoms with Crippen molar-refractivity contribution in [2.24, 2.45) is 0 Å². The summed E-state index contributed by atoms with van der Waals surface area (Å²) in [6.07, 6.45) is -0.442. The highest BCUT2D eigenvalue weighted by Gasteiger charge is 2.12. The smallest absolute Gasteiger partial charge is 0.127 e. The molecule has 1 unspecified atom stereocenters. The zero-order chi connectivity index (χ0) is 14.0. The van der Waals surface area contributed by atoms with Crippen LogP contribution in [0.25, 0.3) is 0 Å².